The second-order valence-corrected chi connectivity index (χ2v) is 6.44. The van der Waals surface area contributed by atoms with Crippen LogP contribution in [0.2, 0.25) is 0 Å². The van der Waals surface area contributed by atoms with Crippen molar-refractivity contribution in [3.63, 3.8) is 0 Å². The summed E-state index contributed by atoms with van der Waals surface area (Å²) in [4.78, 5) is 0.349. The summed E-state index contributed by atoms with van der Waals surface area (Å²) in [7, 11) is -2.10. The predicted octanol–water partition coefficient (Wildman–Crippen LogP) is 0.942. The van der Waals surface area contributed by atoms with Crippen LogP contribution in [0.5, 0.6) is 0 Å². The largest absolute Gasteiger partial charge is 0.389 e. The van der Waals surface area contributed by atoms with Gasteiger partial charge in [0.15, 0.2) is 0 Å². The summed E-state index contributed by atoms with van der Waals surface area (Å²) < 4.78 is 32.0. The molecule has 3 N–H and O–H groups in total. The maximum absolute atomic E-state index is 12.3. The Hall–Kier alpha value is -1.02. The smallest absolute Gasteiger partial charge is 0.241 e. The van der Waals surface area contributed by atoms with Gasteiger partial charge in [0, 0.05) is 18.7 Å². The van der Waals surface area contributed by atoms with Crippen LogP contribution in [-0.4, -0.2) is 33.2 Å². The highest BCUT2D eigenvalue weighted by Gasteiger charge is 2.20. The van der Waals surface area contributed by atoms with E-state index in [1.54, 1.807) is 26.0 Å². The summed E-state index contributed by atoms with van der Waals surface area (Å²) in [5, 5.41) is 0. The zero-order chi connectivity index (χ0) is 14.6. The van der Waals surface area contributed by atoms with Crippen LogP contribution in [0, 0.1) is 6.92 Å². The molecule has 19 heavy (non-hydrogen) atoms. The summed E-state index contributed by atoms with van der Waals surface area (Å²) in [6.45, 7) is 3.75. The number of benzene rings is 1. The Labute approximate surface area is 119 Å². The van der Waals surface area contributed by atoms with Gasteiger partial charge in [-0.2, -0.15) is 0 Å². The standard InChI is InChI=1S/C12H18N2O3S2/c1-8-4-5-10(12(13)18)6-11(8)19(15,16)14-9(2)7-17-3/h4-6,9,14H,7H2,1-3H3,(H2,13,18). The highest BCUT2D eigenvalue weighted by molar-refractivity contribution is 7.89. The average Bonchev–Trinajstić information content (AvgIpc) is 2.28. The minimum atomic E-state index is -3.61. The van der Waals surface area contributed by atoms with Crippen molar-refractivity contribution in [3.05, 3.63) is 29.3 Å². The van der Waals surface area contributed by atoms with Crippen molar-refractivity contribution in [1.82, 2.24) is 4.72 Å². The van der Waals surface area contributed by atoms with Gasteiger partial charge < -0.3 is 10.5 Å². The lowest BCUT2D eigenvalue weighted by Gasteiger charge is -2.15. The van der Waals surface area contributed by atoms with Crippen molar-refractivity contribution in [2.45, 2.75) is 24.8 Å². The van der Waals surface area contributed by atoms with E-state index in [1.165, 1.54) is 13.2 Å². The Balaban J connectivity index is 3.13. The summed E-state index contributed by atoms with van der Waals surface area (Å²) in [5.74, 6) is 0. The number of rotatable bonds is 6. The van der Waals surface area contributed by atoms with Gasteiger partial charge in [-0.1, -0.05) is 24.4 Å². The molecular weight excluding hydrogens is 284 g/mol. The fourth-order valence-corrected chi connectivity index (χ4v) is 3.28. The van der Waals surface area contributed by atoms with Gasteiger partial charge in [-0.3, -0.25) is 0 Å². The van der Waals surface area contributed by atoms with E-state index in [4.69, 9.17) is 22.7 Å². The summed E-state index contributed by atoms with van der Waals surface area (Å²) >= 11 is 4.86. The first-order valence-corrected chi connectivity index (χ1v) is 7.59. The average molecular weight is 302 g/mol. The molecule has 0 bridgehead atoms. The van der Waals surface area contributed by atoms with Crippen LogP contribution >= 0.6 is 12.2 Å². The Morgan fingerprint density at radius 1 is 1.53 bits per heavy atom. The molecule has 0 aliphatic carbocycles. The van der Waals surface area contributed by atoms with Gasteiger partial charge in [-0.15, -0.1) is 0 Å². The second-order valence-electron chi connectivity index (χ2n) is 4.32. The van der Waals surface area contributed by atoms with E-state index >= 15 is 0 Å². The summed E-state index contributed by atoms with van der Waals surface area (Å²) in [5.41, 5.74) is 6.69. The van der Waals surface area contributed by atoms with Crippen LogP contribution in [0.25, 0.3) is 0 Å². The number of nitrogens with two attached hydrogens (primary N) is 1. The highest BCUT2D eigenvalue weighted by atomic mass is 32.2. The van der Waals surface area contributed by atoms with Gasteiger partial charge >= 0.3 is 0 Å². The third-order valence-corrected chi connectivity index (χ3v) is 4.50. The van der Waals surface area contributed by atoms with Crippen molar-refractivity contribution in [2.24, 2.45) is 5.73 Å². The van der Waals surface area contributed by atoms with E-state index in [-0.39, 0.29) is 15.9 Å². The van der Waals surface area contributed by atoms with Gasteiger partial charge in [0.2, 0.25) is 10.0 Å². The molecule has 1 atom stereocenters. The summed E-state index contributed by atoms with van der Waals surface area (Å²) in [6.07, 6.45) is 0. The summed E-state index contributed by atoms with van der Waals surface area (Å²) in [6, 6.07) is 4.56. The number of thiocarbonyl (C=S) groups is 1. The topological polar surface area (TPSA) is 81.4 Å². The van der Waals surface area contributed by atoms with Crippen molar-refractivity contribution in [2.75, 3.05) is 13.7 Å². The monoisotopic (exact) mass is 302 g/mol. The minimum Gasteiger partial charge on any atom is -0.389 e. The number of ether oxygens (including phenoxy) is 1. The van der Waals surface area contributed by atoms with Gasteiger partial charge in [-0.25, -0.2) is 13.1 Å². The number of aryl methyl sites for hydroxylation is 1. The van der Waals surface area contributed by atoms with Crippen molar-refractivity contribution in [1.29, 1.82) is 0 Å². The third kappa shape index (κ3) is 4.24. The second kappa shape index (κ2) is 6.42. The van der Waals surface area contributed by atoms with Crippen LogP contribution < -0.4 is 10.5 Å². The zero-order valence-corrected chi connectivity index (χ0v) is 12.8. The lowest BCUT2D eigenvalue weighted by Crippen LogP contribution is -2.36. The van der Waals surface area contributed by atoms with Crippen LogP contribution in [0.4, 0.5) is 0 Å². The predicted molar refractivity (Wildman–Crippen MR) is 78.7 cm³/mol. The van der Waals surface area contributed by atoms with Crippen LogP contribution in [0.3, 0.4) is 0 Å². The minimum absolute atomic E-state index is 0.168. The fraction of sp³-hybridized carbons (Fsp3) is 0.417. The molecule has 1 unspecified atom stereocenters. The Morgan fingerprint density at radius 2 is 2.16 bits per heavy atom. The van der Waals surface area contributed by atoms with E-state index in [1.807, 2.05) is 0 Å². The highest BCUT2D eigenvalue weighted by Crippen LogP contribution is 2.17. The number of sulfonamides is 1. The number of hydrogen-bond donors (Lipinski definition) is 2. The molecular formula is C12H18N2O3S2. The van der Waals surface area contributed by atoms with Crippen molar-refractivity contribution in [3.8, 4) is 0 Å². The molecule has 0 heterocycles. The van der Waals surface area contributed by atoms with Gasteiger partial charge in [0.25, 0.3) is 0 Å². The molecule has 106 valence electrons. The normalized spacial score (nSPS) is 13.2. The van der Waals surface area contributed by atoms with E-state index in [0.717, 1.165) is 0 Å². The van der Waals surface area contributed by atoms with E-state index in [2.05, 4.69) is 4.72 Å². The Kier molecular flexibility index (Phi) is 5.42. The first-order valence-electron chi connectivity index (χ1n) is 5.69. The molecule has 1 aromatic rings. The molecule has 0 amide bonds. The van der Waals surface area contributed by atoms with Crippen molar-refractivity contribution >= 4 is 27.2 Å². The molecule has 0 saturated heterocycles. The van der Waals surface area contributed by atoms with Crippen LogP contribution in [0.1, 0.15) is 18.1 Å². The van der Waals surface area contributed by atoms with Crippen molar-refractivity contribution < 1.29 is 13.2 Å². The fourth-order valence-electron chi connectivity index (χ4n) is 1.66. The first-order chi connectivity index (χ1) is 8.77. The molecule has 5 nitrogen and oxygen atoms in total. The van der Waals surface area contributed by atoms with Gasteiger partial charge in [-0.05, 0) is 25.5 Å². The molecule has 0 aliphatic rings. The third-order valence-electron chi connectivity index (χ3n) is 2.54. The first kappa shape index (κ1) is 16.0. The Bertz CT molecular complexity index is 570. The molecule has 7 heteroatoms. The molecule has 0 radical (unpaired) electrons. The Morgan fingerprint density at radius 3 is 2.68 bits per heavy atom. The molecule has 0 aliphatic heterocycles. The number of nitrogens with one attached hydrogen (secondary N) is 1. The maximum Gasteiger partial charge on any atom is 0.241 e. The van der Waals surface area contributed by atoms with Crippen LogP contribution in [0.15, 0.2) is 23.1 Å². The lowest BCUT2D eigenvalue weighted by atomic mass is 10.1. The number of hydrogen-bond acceptors (Lipinski definition) is 4. The molecule has 0 aromatic heterocycles. The SMILES string of the molecule is COCC(C)NS(=O)(=O)c1cc(C(N)=S)ccc1C. The number of methoxy groups -OCH3 is 1. The lowest BCUT2D eigenvalue weighted by molar-refractivity contribution is 0.180. The molecule has 0 saturated carbocycles. The van der Waals surface area contributed by atoms with E-state index < -0.39 is 10.0 Å². The molecule has 1 rings (SSSR count). The van der Waals surface area contributed by atoms with Gasteiger partial charge in [0.1, 0.15) is 4.99 Å². The van der Waals surface area contributed by atoms with E-state index in [0.29, 0.717) is 17.7 Å². The van der Waals surface area contributed by atoms with Gasteiger partial charge in [0.05, 0.1) is 11.5 Å². The van der Waals surface area contributed by atoms with Crippen LogP contribution in [-0.2, 0) is 14.8 Å². The molecule has 0 fully saturated rings. The maximum atomic E-state index is 12.3. The quantitative estimate of drug-likeness (QED) is 0.764. The van der Waals surface area contributed by atoms with E-state index in [9.17, 15) is 8.42 Å². The zero-order valence-electron chi connectivity index (χ0n) is 11.1. The molecule has 0 spiro atoms. The molecule has 1 aromatic carbocycles.